The standard InChI is InChI=1S/C34H29N2O2.C2H2O4/c1-38-31-19-11-10-18-30(31)35-22-27(37)23-36-33(26-15-6-3-7-16-26)32(25-13-4-2-5-14-25)29-21-20-24-12-8-9-17-28(24)34(29)36;3-1(4)2(5)6/h2-21,27,35H,22-23H2,1H3;(H,3,4)(H,5,6)/q-1;/p+1. The number of nitrogens with zero attached hydrogens (tertiary/aromatic N) is 1. The molecule has 0 radical (unpaired) electrons. The minimum Gasteiger partial charge on any atom is -0.847 e. The molecule has 8 nitrogen and oxygen atoms in total. The Bertz CT molecular complexity index is 1890. The first-order chi connectivity index (χ1) is 21.4. The second-order valence-electron chi connectivity index (χ2n) is 10.2. The third-order valence-corrected chi connectivity index (χ3v) is 7.36. The summed E-state index contributed by atoms with van der Waals surface area (Å²) in [5, 5.41) is 34.0. The number of ether oxygens (including phenoxy) is 1. The van der Waals surface area contributed by atoms with Crippen LogP contribution < -0.4 is 15.2 Å². The van der Waals surface area contributed by atoms with Gasteiger partial charge < -0.3 is 29.9 Å². The lowest BCUT2D eigenvalue weighted by molar-refractivity contribution is -0.613. The van der Waals surface area contributed by atoms with Crippen LogP contribution in [-0.4, -0.2) is 46.5 Å². The third kappa shape index (κ3) is 6.47. The molecular weight excluding hydrogens is 556 g/mol. The lowest BCUT2D eigenvalue weighted by Crippen LogP contribution is -2.82. The fourth-order valence-electron chi connectivity index (χ4n) is 5.47. The van der Waals surface area contributed by atoms with Crippen molar-refractivity contribution in [3.8, 4) is 28.1 Å². The molecule has 0 aliphatic rings. The summed E-state index contributed by atoms with van der Waals surface area (Å²) in [5.41, 5.74) is 6.56. The number of quaternary nitrogens is 1. The van der Waals surface area contributed by atoms with Gasteiger partial charge in [-0.3, -0.25) is 0 Å². The van der Waals surface area contributed by atoms with Crippen molar-refractivity contribution in [2.75, 3.05) is 13.7 Å². The number of fused-ring (bicyclic) bond motifs is 3. The van der Waals surface area contributed by atoms with Crippen LogP contribution >= 0.6 is 0 Å². The molecule has 0 aliphatic carbocycles. The molecule has 1 unspecified atom stereocenters. The van der Waals surface area contributed by atoms with Crippen molar-refractivity contribution in [2.45, 2.75) is 12.6 Å². The molecule has 0 spiro atoms. The number of para-hydroxylation sites is 2. The zero-order chi connectivity index (χ0) is 31.1. The van der Waals surface area contributed by atoms with Gasteiger partial charge in [-0.1, -0.05) is 115 Å². The second kappa shape index (κ2) is 13.7. The number of hydrogen-bond acceptors (Lipinski definition) is 4. The van der Waals surface area contributed by atoms with Crippen molar-refractivity contribution >= 4 is 39.3 Å². The summed E-state index contributed by atoms with van der Waals surface area (Å²) in [6, 6.07) is 41.6. The van der Waals surface area contributed by atoms with E-state index in [1.165, 1.54) is 10.9 Å². The molecule has 1 atom stereocenters. The van der Waals surface area contributed by atoms with Gasteiger partial charge in [0.2, 0.25) is 0 Å². The van der Waals surface area contributed by atoms with E-state index in [-0.39, 0.29) is 0 Å². The number of hydrogen-bond donors (Lipinski definition) is 3. The molecule has 6 aromatic rings. The van der Waals surface area contributed by atoms with Gasteiger partial charge in [0.05, 0.1) is 24.9 Å². The number of aromatic nitrogens is 1. The topological polar surface area (TPSA) is 128 Å². The first-order valence-corrected chi connectivity index (χ1v) is 14.1. The van der Waals surface area contributed by atoms with Crippen LogP contribution in [0.25, 0.3) is 44.1 Å². The van der Waals surface area contributed by atoms with Crippen LogP contribution in [0.4, 0.5) is 5.69 Å². The molecule has 4 N–H and O–H groups in total. The molecule has 1 aromatic heterocycles. The zero-order valence-electron chi connectivity index (χ0n) is 24.1. The highest BCUT2D eigenvalue weighted by atomic mass is 16.5. The van der Waals surface area contributed by atoms with Crippen LogP contribution in [0.5, 0.6) is 5.75 Å². The minimum atomic E-state index is -1.82. The third-order valence-electron chi connectivity index (χ3n) is 7.36. The number of rotatable bonds is 8. The minimum absolute atomic E-state index is 0.354. The van der Waals surface area contributed by atoms with Gasteiger partial charge in [0, 0.05) is 28.9 Å². The van der Waals surface area contributed by atoms with Crippen molar-refractivity contribution in [3.63, 3.8) is 0 Å². The summed E-state index contributed by atoms with van der Waals surface area (Å²) >= 11 is 0. The lowest BCUT2D eigenvalue weighted by atomic mass is 9.97. The molecule has 0 bridgehead atoms. The monoisotopic (exact) mass is 588 g/mol. The van der Waals surface area contributed by atoms with E-state index >= 15 is 0 Å². The Hall–Kier alpha value is -5.44. The van der Waals surface area contributed by atoms with Gasteiger partial charge in [-0.05, 0) is 22.6 Å². The summed E-state index contributed by atoms with van der Waals surface area (Å²) in [5.74, 6) is -2.86. The summed E-state index contributed by atoms with van der Waals surface area (Å²) < 4.78 is 7.76. The second-order valence-corrected chi connectivity index (χ2v) is 10.2. The van der Waals surface area contributed by atoms with E-state index in [0.717, 1.165) is 44.5 Å². The van der Waals surface area contributed by atoms with Gasteiger partial charge in [0.15, 0.2) is 11.4 Å². The average Bonchev–Trinajstić information content (AvgIpc) is 3.39. The predicted octanol–water partition coefficient (Wildman–Crippen LogP) is 4.92. The number of methoxy groups -OCH3 is 1. The molecule has 1 heterocycles. The quantitative estimate of drug-likeness (QED) is 0.171. The van der Waals surface area contributed by atoms with Crippen LogP contribution in [0.1, 0.15) is 0 Å². The maximum absolute atomic E-state index is 13.7. The lowest BCUT2D eigenvalue weighted by Gasteiger charge is -2.24. The van der Waals surface area contributed by atoms with Crippen LogP contribution in [0, 0.1) is 0 Å². The van der Waals surface area contributed by atoms with E-state index in [1.54, 1.807) is 7.11 Å². The highest BCUT2D eigenvalue weighted by molar-refractivity contribution is 6.27. The summed E-state index contributed by atoms with van der Waals surface area (Å²) in [6.45, 7) is 0.757. The molecule has 0 amide bonds. The van der Waals surface area contributed by atoms with Gasteiger partial charge in [-0.25, -0.2) is 9.59 Å². The van der Waals surface area contributed by atoms with E-state index in [1.807, 2.05) is 41.7 Å². The number of nitrogens with two attached hydrogens (primary N) is 1. The number of carbonyl (C=O) groups is 2. The average molecular weight is 589 g/mol. The molecular formula is C36H32N2O6. The normalized spacial score (nSPS) is 11.5. The first-order valence-electron chi connectivity index (χ1n) is 14.1. The molecule has 0 aliphatic heterocycles. The maximum Gasteiger partial charge on any atom is 0.414 e. The number of carboxylic acids is 2. The van der Waals surface area contributed by atoms with Crippen LogP contribution in [0.15, 0.2) is 121 Å². The van der Waals surface area contributed by atoms with Gasteiger partial charge in [0.25, 0.3) is 0 Å². The van der Waals surface area contributed by atoms with Crippen molar-refractivity contribution in [1.29, 1.82) is 0 Å². The molecule has 44 heavy (non-hydrogen) atoms. The Morgan fingerprint density at radius 2 is 1.34 bits per heavy atom. The fourth-order valence-corrected chi connectivity index (χ4v) is 5.47. The summed E-state index contributed by atoms with van der Waals surface area (Å²) in [7, 11) is 1.66. The van der Waals surface area contributed by atoms with Crippen LogP contribution in [0.3, 0.4) is 0 Å². The molecule has 0 saturated carbocycles. The molecule has 8 heteroatoms. The van der Waals surface area contributed by atoms with E-state index in [0.29, 0.717) is 13.1 Å². The van der Waals surface area contributed by atoms with Gasteiger partial charge >= 0.3 is 11.9 Å². The van der Waals surface area contributed by atoms with Gasteiger partial charge in [-0.15, -0.1) is 0 Å². The highest BCUT2D eigenvalue weighted by Crippen LogP contribution is 2.43. The number of aliphatic carboxylic acids is 2. The van der Waals surface area contributed by atoms with Gasteiger partial charge in [0.1, 0.15) is 0 Å². The molecule has 5 aromatic carbocycles. The summed E-state index contributed by atoms with van der Waals surface area (Å²) in [4.78, 5) is 18.2. The van der Waals surface area contributed by atoms with Crippen LogP contribution in [0.2, 0.25) is 0 Å². The van der Waals surface area contributed by atoms with E-state index in [4.69, 9.17) is 24.5 Å². The summed E-state index contributed by atoms with van der Waals surface area (Å²) in [6.07, 6.45) is -0.833. The van der Waals surface area contributed by atoms with Crippen molar-refractivity contribution in [3.05, 3.63) is 121 Å². The van der Waals surface area contributed by atoms with E-state index in [2.05, 4.69) is 89.5 Å². The largest absolute Gasteiger partial charge is 0.847 e. The Balaban J connectivity index is 0.000000584. The zero-order valence-corrected chi connectivity index (χ0v) is 24.1. The molecule has 222 valence electrons. The molecule has 0 fully saturated rings. The van der Waals surface area contributed by atoms with Crippen molar-refractivity contribution in [1.82, 2.24) is 4.57 Å². The maximum atomic E-state index is 13.7. The van der Waals surface area contributed by atoms with Crippen LogP contribution in [-0.2, 0) is 16.1 Å². The SMILES string of the molecule is COc1ccccc1[NH2+]CC([O-])Cn1c(-c2ccccc2)c(-c2ccccc2)c2ccc3ccccc3c21.O=C(O)C(=O)O. The Morgan fingerprint density at radius 3 is 2.00 bits per heavy atom. The molecule has 6 rings (SSSR count). The Morgan fingerprint density at radius 1 is 0.750 bits per heavy atom. The van der Waals surface area contributed by atoms with Gasteiger partial charge in [-0.2, -0.15) is 0 Å². The molecule has 0 saturated heterocycles. The number of carboxylic acid groups (broad SMARTS) is 2. The van der Waals surface area contributed by atoms with E-state index in [9.17, 15) is 5.11 Å². The smallest absolute Gasteiger partial charge is 0.414 e. The Labute approximate surface area is 254 Å². The predicted molar refractivity (Wildman–Crippen MR) is 169 cm³/mol. The first kappa shape index (κ1) is 30.0. The van der Waals surface area contributed by atoms with Crippen molar-refractivity contribution < 1.29 is 35.0 Å². The Kier molecular flexibility index (Phi) is 9.34. The van der Waals surface area contributed by atoms with Crippen molar-refractivity contribution in [2.24, 2.45) is 0 Å². The van der Waals surface area contributed by atoms with E-state index < -0.39 is 18.0 Å². The fraction of sp³-hybridized carbons (Fsp3) is 0.111. The number of benzene rings is 5. The highest BCUT2D eigenvalue weighted by Gasteiger charge is 2.22.